The minimum Gasteiger partial charge on any atom is -0.258 e. The molecule has 0 aliphatic rings. The summed E-state index contributed by atoms with van der Waals surface area (Å²) in [5.41, 5.74) is 1.23. The molecule has 3 heteroatoms. The maximum Gasteiger partial charge on any atom is 0.176 e. The zero-order chi connectivity index (χ0) is 9.90. The van der Waals surface area contributed by atoms with E-state index >= 15 is 0 Å². The van der Waals surface area contributed by atoms with Gasteiger partial charge < -0.3 is 0 Å². The molecule has 0 spiro atoms. The highest BCUT2D eigenvalue weighted by Gasteiger charge is 2.24. The first-order valence-electron chi connectivity index (χ1n) is 4.68. The van der Waals surface area contributed by atoms with Crippen LogP contribution in [-0.2, 0) is 0 Å². The Labute approximate surface area is 83.2 Å². The van der Waals surface area contributed by atoms with Gasteiger partial charge in [0.2, 0.25) is 0 Å². The van der Waals surface area contributed by atoms with Gasteiger partial charge in [0.1, 0.15) is 0 Å². The standard InChI is InChI=1S/C10H17BNP/c1-10(2,3)11(4)13-9-7-5-6-8-12-9/h5-8,13H,1-4H3. The third-order valence-corrected chi connectivity index (χ3v) is 4.22. The second-order valence-electron chi connectivity index (χ2n) is 4.45. The maximum atomic E-state index is 4.34. The summed E-state index contributed by atoms with van der Waals surface area (Å²) < 4.78 is 0. The van der Waals surface area contributed by atoms with Gasteiger partial charge in [-0.15, -0.1) is 8.46 Å². The van der Waals surface area contributed by atoms with Gasteiger partial charge in [-0.3, -0.25) is 4.98 Å². The Bertz CT molecular complexity index is 255. The summed E-state index contributed by atoms with van der Waals surface area (Å²) in [5.74, 6) is 0. The van der Waals surface area contributed by atoms with Crippen molar-refractivity contribution in [2.45, 2.75) is 32.9 Å². The molecular weight excluding hydrogens is 176 g/mol. The Hall–Kier alpha value is -0.355. The van der Waals surface area contributed by atoms with Crippen molar-refractivity contribution >= 4 is 20.3 Å². The van der Waals surface area contributed by atoms with Crippen molar-refractivity contribution in [2.75, 3.05) is 0 Å². The molecule has 1 aromatic heterocycles. The van der Waals surface area contributed by atoms with E-state index in [1.165, 1.54) is 5.44 Å². The largest absolute Gasteiger partial charge is 0.258 e. The minimum atomic E-state index is 0.385. The Morgan fingerprint density at radius 1 is 1.31 bits per heavy atom. The molecule has 13 heavy (non-hydrogen) atoms. The zero-order valence-corrected chi connectivity index (χ0v) is 9.83. The fourth-order valence-corrected chi connectivity index (χ4v) is 2.10. The first kappa shape index (κ1) is 10.7. The highest BCUT2D eigenvalue weighted by molar-refractivity contribution is 7.82. The van der Waals surface area contributed by atoms with Crippen molar-refractivity contribution in [3.05, 3.63) is 24.4 Å². The van der Waals surface area contributed by atoms with E-state index in [1.807, 2.05) is 12.3 Å². The van der Waals surface area contributed by atoms with E-state index in [-0.39, 0.29) is 0 Å². The lowest BCUT2D eigenvalue weighted by molar-refractivity contribution is 0.751. The molecule has 1 unspecified atom stereocenters. The van der Waals surface area contributed by atoms with E-state index in [1.54, 1.807) is 0 Å². The lowest BCUT2D eigenvalue weighted by atomic mass is 9.55. The van der Waals surface area contributed by atoms with Crippen LogP contribution >= 0.6 is 8.46 Å². The number of aromatic nitrogens is 1. The Balaban J connectivity index is 2.61. The molecule has 1 atom stereocenters. The lowest BCUT2D eigenvalue weighted by Crippen LogP contribution is -2.20. The number of nitrogens with zero attached hydrogens (tertiary/aromatic N) is 1. The van der Waals surface area contributed by atoms with Crippen LogP contribution < -0.4 is 5.44 Å². The molecule has 0 aromatic carbocycles. The van der Waals surface area contributed by atoms with Crippen LogP contribution in [0.4, 0.5) is 0 Å². The average Bonchev–Trinajstić information content (AvgIpc) is 2.04. The van der Waals surface area contributed by atoms with Gasteiger partial charge in [-0.05, 0) is 12.1 Å². The van der Waals surface area contributed by atoms with Crippen molar-refractivity contribution in [1.82, 2.24) is 4.98 Å². The molecule has 0 bridgehead atoms. The second-order valence-corrected chi connectivity index (χ2v) is 6.11. The van der Waals surface area contributed by atoms with E-state index in [0.29, 0.717) is 11.7 Å². The van der Waals surface area contributed by atoms with Crippen molar-refractivity contribution < 1.29 is 0 Å². The molecule has 1 heterocycles. The molecule has 0 amide bonds. The summed E-state index contributed by atoms with van der Waals surface area (Å²) >= 11 is 0. The van der Waals surface area contributed by atoms with Crippen molar-refractivity contribution in [1.29, 1.82) is 0 Å². The van der Waals surface area contributed by atoms with Crippen LogP contribution in [0.3, 0.4) is 0 Å². The van der Waals surface area contributed by atoms with Crippen LogP contribution in [0.15, 0.2) is 24.4 Å². The highest BCUT2D eigenvalue weighted by atomic mass is 31.1. The van der Waals surface area contributed by atoms with E-state index in [4.69, 9.17) is 0 Å². The van der Waals surface area contributed by atoms with Crippen LogP contribution in [-0.4, -0.2) is 11.4 Å². The Kier molecular flexibility index (Phi) is 3.50. The summed E-state index contributed by atoms with van der Waals surface area (Å²) in [6.45, 7) is 9.15. The molecule has 0 saturated heterocycles. The predicted octanol–water partition coefficient (Wildman–Crippen LogP) is 2.81. The monoisotopic (exact) mass is 193 g/mol. The molecule has 1 nitrogen and oxygen atoms in total. The highest BCUT2D eigenvalue weighted by Crippen LogP contribution is 2.35. The van der Waals surface area contributed by atoms with Crippen LogP contribution in [0.25, 0.3) is 0 Å². The smallest absolute Gasteiger partial charge is 0.176 e. The average molecular weight is 193 g/mol. The van der Waals surface area contributed by atoms with Gasteiger partial charge in [0.25, 0.3) is 0 Å². The molecule has 1 rings (SSSR count). The molecule has 0 fully saturated rings. The second kappa shape index (κ2) is 4.24. The van der Waals surface area contributed by atoms with Gasteiger partial charge in [-0.25, -0.2) is 0 Å². The van der Waals surface area contributed by atoms with Crippen LogP contribution in [0, 0.1) is 0 Å². The first-order chi connectivity index (χ1) is 6.00. The third kappa shape index (κ3) is 3.48. The Morgan fingerprint density at radius 3 is 2.46 bits per heavy atom. The molecule has 1 aromatic rings. The molecule has 0 saturated carbocycles. The van der Waals surface area contributed by atoms with Gasteiger partial charge >= 0.3 is 0 Å². The topological polar surface area (TPSA) is 12.9 Å². The van der Waals surface area contributed by atoms with Gasteiger partial charge in [0, 0.05) is 6.20 Å². The summed E-state index contributed by atoms with van der Waals surface area (Å²) in [4.78, 5) is 4.34. The summed E-state index contributed by atoms with van der Waals surface area (Å²) in [6.07, 6.45) is 2.57. The van der Waals surface area contributed by atoms with Crippen molar-refractivity contribution in [3.8, 4) is 0 Å². The fourth-order valence-electron chi connectivity index (χ4n) is 0.886. The van der Waals surface area contributed by atoms with Crippen LogP contribution in [0.1, 0.15) is 20.8 Å². The molecular formula is C10H17BNP. The van der Waals surface area contributed by atoms with E-state index in [2.05, 4.69) is 44.7 Å². The lowest BCUT2D eigenvalue weighted by Gasteiger charge is -2.23. The van der Waals surface area contributed by atoms with Gasteiger partial charge in [-0.1, -0.05) is 39.0 Å². The van der Waals surface area contributed by atoms with Gasteiger partial charge in [-0.2, -0.15) is 0 Å². The number of rotatable bonds is 2. The van der Waals surface area contributed by atoms with E-state index in [9.17, 15) is 0 Å². The Morgan fingerprint density at radius 2 is 2.00 bits per heavy atom. The van der Waals surface area contributed by atoms with E-state index < -0.39 is 0 Å². The SMILES string of the molecule is CB(Pc1ccccn1)C(C)(C)C. The number of pyridine rings is 1. The molecule has 0 radical (unpaired) electrons. The molecule has 0 N–H and O–H groups in total. The molecule has 0 aliphatic carbocycles. The maximum absolute atomic E-state index is 4.34. The van der Waals surface area contributed by atoms with E-state index in [0.717, 1.165) is 8.46 Å². The first-order valence-corrected chi connectivity index (χ1v) is 5.75. The van der Waals surface area contributed by atoms with Crippen LogP contribution in [0.2, 0.25) is 12.1 Å². The minimum absolute atomic E-state index is 0.385. The van der Waals surface area contributed by atoms with Gasteiger partial charge in [0.15, 0.2) is 6.43 Å². The number of hydrogen-bond donors (Lipinski definition) is 0. The fraction of sp³-hybridized carbons (Fsp3) is 0.500. The predicted molar refractivity (Wildman–Crippen MR) is 63.5 cm³/mol. The molecule has 0 aliphatic heterocycles. The molecule has 70 valence electrons. The van der Waals surface area contributed by atoms with Crippen molar-refractivity contribution in [2.24, 2.45) is 0 Å². The number of hydrogen-bond acceptors (Lipinski definition) is 1. The van der Waals surface area contributed by atoms with Gasteiger partial charge in [0.05, 0.1) is 5.44 Å². The van der Waals surface area contributed by atoms with Crippen LogP contribution in [0.5, 0.6) is 0 Å². The van der Waals surface area contributed by atoms with Crippen molar-refractivity contribution in [3.63, 3.8) is 0 Å². The summed E-state index contributed by atoms with van der Waals surface area (Å²) in [6, 6.07) is 6.14. The zero-order valence-electron chi connectivity index (χ0n) is 8.83. The third-order valence-electron chi connectivity index (χ3n) is 2.33. The quantitative estimate of drug-likeness (QED) is 0.519. The summed E-state index contributed by atoms with van der Waals surface area (Å²) in [7, 11) is 0.819. The normalized spacial score (nSPS) is 12.3. The summed E-state index contributed by atoms with van der Waals surface area (Å²) in [5, 5.41) is 0.385.